The summed E-state index contributed by atoms with van der Waals surface area (Å²) in [5, 5.41) is 11.7. The van der Waals surface area contributed by atoms with Crippen LogP contribution in [0.2, 0.25) is 0 Å². The molecular formula is C21H19N3O4. The Morgan fingerprint density at radius 3 is 2.29 bits per heavy atom. The topological polar surface area (TPSA) is 93.5 Å². The van der Waals surface area contributed by atoms with E-state index in [0.717, 1.165) is 11.1 Å². The van der Waals surface area contributed by atoms with Crippen LogP contribution in [0.1, 0.15) is 33.4 Å². The number of nitrogens with zero attached hydrogens (tertiary/aromatic N) is 2. The lowest BCUT2D eigenvalue weighted by atomic mass is 9.98. The average molecular weight is 377 g/mol. The maximum atomic E-state index is 12.2. The van der Waals surface area contributed by atoms with Gasteiger partial charge in [0.15, 0.2) is 0 Å². The van der Waals surface area contributed by atoms with Gasteiger partial charge in [-0.3, -0.25) is 0 Å². The molecule has 2 N–H and O–H groups in total. The molecule has 0 bridgehead atoms. The number of hydrogen-bond acceptors (Lipinski definition) is 4. The molecule has 0 radical (unpaired) electrons. The molecule has 7 heteroatoms. The lowest BCUT2D eigenvalue weighted by Gasteiger charge is -2.14. The summed E-state index contributed by atoms with van der Waals surface area (Å²) in [5.74, 6) is -0.641. The zero-order chi connectivity index (χ0) is 19.7. The highest BCUT2D eigenvalue weighted by atomic mass is 16.5. The van der Waals surface area contributed by atoms with Gasteiger partial charge in [-0.1, -0.05) is 48.5 Å². The van der Waals surface area contributed by atoms with Crippen LogP contribution in [0.4, 0.5) is 4.79 Å². The molecule has 0 aliphatic heterocycles. The Labute approximate surface area is 161 Å². The van der Waals surface area contributed by atoms with Gasteiger partial charge in [0, 0.05) is 13.0 Å². The van der Waals surface area contributed by atoms with Gasteiger partial charge in [-0.25, -0.2) is 14.6 Å². The Hall–Kier alpha value is -3.61. The highest BCUT2D eigenvalue weighted by Crippen LogP contribution is 2.44. The van der Waals surface area contributed by atoms with E-state index in [-0.39, 0.29) is 24.8 Å². The fourth-order valence-corrected chi connectivity index (χ4v) is 3.61. The van der Waals surface area contributed by atoms with Crippen molar-refractivity contribution in [1.29, 1.82) is 0 Å². The van der Waals surface area contributed by atoms with Crippen molar-refractivity contribution in [1.82, 2.24) is 14.9 Å². The van der Waals surface area contributed by atoms with Gasteiger partial charge >= 0.3 is 12.1 Å². The maximum absolute atomic E-state index is 12.2. The van der Waals surface area contributed by atoms with Crippen LogP contribution in [-0.2, 0) is 18.3 Å². The van der Waals surface area contributed by atoms with Crippen LogP contribution in [0.5, 0.6) is 0 Å². The number of aromatic carboxylic acids is 1. The molecule has 0 fully saturated rings. The van der Waals surface area contributed by atoms with Crippen molar-refractivity contribution in [3.8, 4) is 11.1 Å². The van der Waals surface area contributed by atoms with E-state index in [9.17, 15) is 9.59 Å². The molecule has 28 heavy (non-hydrogen) atoms. The van der Waals surface area contributed by atoms with E-state index < -0.39 is 12.1 Å². The minimum Gasteiger partial charge on any atom is -0.477 e. The molecule has 0 saturated carbocycles. The fourth-order valence-electron chi connectivity index (χ4n) is 3.61. The molecular weight excluding hydrogens is 358 g/mol. The van der Waals surface area contributed by atoms with Gasteiger partial charge in [0.1, 0.15) is 18.1 Å². The smallest absolute Gasteiger partial charge is 0.407 e. The first kappa shape index (κ1) is 17.8. The van der Waals surface area contributed by atoms with Crippen molar-refractivity contribution in [3.63, 3.8) is 0 Å². The number of aromatic nitrogens is 2. The van der Waals surface area contributed by atoms with Crippen LogP contribution in [0.25, 0.3) is 11.1 Å². The zero-order valence-electron chi connectivity index (χ0n) is 15.3. The van der Waals surface area contributed by atoms with Crippen LogP contribution < -0.4 is 5.32 Å². The lowest BCUT2D eigenvalue weighted by Crippen LogP contribution is -2.27. The van der Waals surface area contributed by atoms with Crippen molar-refractivity contribution in [2.45, 2.75) is 12.5 Å². The predicted octanol–water partition coefficient (Wildman–Crippen LogP) is 3.16. The number of fused-ring (bicyclic) bond motifs is 3. The number of rotatable bonds is 5. The molecule has 4 rings (SSSR count). The fraction of sp³-hybridized carbons (Fsp3) is 0.190. The van der Waals surface area contributed by atoms with Crippen molar-refractivity contribution < 1.29 is 19.4 Å². The largest absolute Gasteiger partial charge is 0.477 e. The summed E-state index contributed by atoms with van der Waals surface area (Å²) in [6.07, 6.45) is 0.693. The highest BCUT2D eigenvalue weighted by molar-refractivity contribution is 5.85. The minimum absolute atomic E-state index is 0.00933. The number of carbonyl (C=O) groups is 2. The number of carbonyl (C=O) groups excluding carboxylic acids is 1. The van der Waals surface area contributed by atoms with Crippen molar-refractivity contribution >= 4 is 12.1 Å². The second kappa shape index (κ2) is 7.19. The standard InChI is InChI=1S/C21H19N3O4/c1-24-18(20(25)26)10-22-19(24)11-23-21(27)28-12-17-15-8-4-2-6-13(15)14-7-3-5-9-16(14)17/h2-10,17H,11-12H2,1H3,(H,23,27)(H,25,26). The van der Waals surface area contributed by atoms with E-state index in [0.29, 0.717) is 5.82 Å². The van der Waals surface area contributed by atoms with Crippen molar-refractivity contribution in [2.75, 3.05) is 6.61 Å². The van der Waals surface area contributed by atoms with Gasteiger partial charge < -0.3 is 19.7 Å². The number of alkyl carbamates (subject to hydrolysis) is 1. The van der Waals surface area contributed by atoms with E-state index in [1.807, 2.05) is 24.3 Å². The average Bonchev–Trinajstić information content (AvgIpc) is 3.23. The Morgan fingerprint density at radius 2 is 1.71 bits per heavy atom. The summed E-state index contributed by atoms with van der Waals surface area (Å²) in [5.41, 5.74) is 4.69. The second-order valence-corrected chi connectivity index (χ2v) is 6.60. The first-order valence-electron chi connectivity index (χ1n) is 8.89. The van der Waals surface area contributed by atoms with Crippen LogP contribution in [0.3, 0.4) is 0 Å². The van der Waals surface area contributed by atoms with Crippen LogP contribution in [0.15, 0.2) is 54.7 Å². The minimum atomic E-state index is -1.07. The molecule has 1 aliphatic rings. The van der Waals surface area contributed by atoms with Gasteiger partial charge in [-0.05, 0) is 22.3 Å². The molecule has 1 amide bonds. The number of amides is 1. The number of carboxylic acid groups (broad SMARTS) is 1. The summed E-state index contributed by atoms with van der Waals surface area (Å²) in [7, 11) is 1.59. The normalized spacial score (nSPS) is 12.3. The molecule has 0 spiro atoms. The van der Waals surface area contributed by atoms with E-state index in [1.165, 1.54) is 21.9 Å². The predicted molar refractivity (Wildman–Crippen MR) is 102 cm³/mol. The van der Waals surface area contributed by atoms with Crippen LogP contribution in [0, 0.1) is 0 Å². The van der Waals surface area contributed by atoms with Gasteiger partial charge in [0.2, 0.25) is 0 Å². The number of benzene rings is 2. The molecule has 142 valence electrons. The van der Waals surface area contributed by atoms with Gasteiger partial charge in [0.05, 0.1) is 12.7 Å². The summed E-state index contributed by atoms with van der Waals surface area (Å²) >= 11 is 0. The van der Waals surface area contributed by atoms with Crippen LogP contribution in [-0.4, -0.2) is 33.3 Å². The molecule has 7 nitrogen and oxygen atoms in total. The van der Waals surface area contributed by atoms with E-state index in [4.69, 9.17) is 9.84 Å². The third kappa shape index (κ3) is 3.11. The van der Waals surface area contributed by atoms with Gasteiger partial charge in [-0.15, -0.1) is 0 Å². The number of ether oxygens (including phenoxy) is 1. The third-order valence-corrected chi connectivity index (χ3v) is 5.04. The lowest BCUT2D eigenvalue weighted by molar-refractivity contribution is 0.0686. The Bertz CT molecular complexity index is 1010. The Kier molecular flexibility index (Phi) is 4.57. The summed E-state index contributed by atoms with van der Waals surface area (Å²) in [4.78, 5) is 27.2. The quantitative estimate of drug-likeness (QED) is 0.712. The second-order valence-electron chi connectivity index (χ2n) is 6.60. The molecule has 0 unspecified atom stereocenters. The third-order valence-electron chi connectivity index (χ3n) is 5.04. The van der Waals surface area contributed by atoms with Crippen LogP contribution >= 0.6 is 0 Å². The zero-order valence-corrected chi connectivity index (χ0v) is 15.3. The first-order valence-corrected chi connectivity index (χ1v) is 8.89. The molecule has 0 saturated heterocycles. The first-order chi connectivity index (χ1) is 13.6. The molecule has 3 aromatic rings. The van der Waals surface area contributed by atoms with Gasteiger partial charge in [-0.2, -0.15) is 0 Å². The molecule has 1 aromatic heterocycles. The Morgan fingerprint density at radius 1 is 1.11 bits per heavy atom. The molecule has 0 atom stereocenters. The number of nitrogens with one attached hydrogen (secondary N) is 1. The molecule has 1 aliphatic carbocycles. The summed E-state index contributed by atoms with van der Waals surface area (Å²) < 4.78 is 6.87. The summed E-state index contributed by atoms with van der Waals surface area (Å²) in [6, 6.07) is 16.3. The number of carboxylic acids is 1. The van der Waals surface area contributed by atoms with Crippen molar-refractivity contribution in [2.24, 2.45) is 7.05 Å². The monoisotopic (exact) mass is 377 g/mol. The van der Waals surface area contributed by atoms with Gasteiger partial charge in [0.25, 0.3) is 0 Å². The van der Waals surface area contributed by atoms with E-state index >= 15 is 0 Å². The van der Waals surface area contributed by atoms with E-state index in [1.54, 1.807) is 7.05 Å². The van der Waals surface area contributed by atoms with E-state index in [2.05, 4.69) is 34.6 Å². The highest BCUT2D eigenvalue weighted by Gasteiger charge is 2.29. The summed E-state index contributed by atoms with van der Waals surface area (Å²) in [6.45, 7) is 0.307. The molecule has 1 heterocycles. The SMILES string of the molecule is Cn1c(C(=O)O)cnc1CNC(=O)OCC1c2ccccc2-c2ccccc21. The number of hydrogen-bond donors (Lipinski definition) is 2. The molecule has 2 aromatic carbocycles. The maximum Gasteiger partial charge on any atom is 0.407 e. The van der Waals surface area contributed by atoms with Crippen molar-refractivity contribution in [3.05, 3.63) is 77.4 Å². The number of imidazole rings is 1. The Balaban J connectivity index is 1.41.